The summed E-state index contributed by atoms with van der Waals surface area (Å²) in [5, 5.41) is 0. The molecule has 0 N–H and O–H groups in total. The van der Waals surface area contributed by atoms with E-state index < -0.39 is 0 Å². The minimum absolute atomic E-state index is 0.00132. The Bertz CT molecular complexity index is 728. The summed E-state index contributed by atoms with van der Waals surface area (Å²) < 4.78 is 11.6. The van der Waals surface area contributed by atoms with Crippen LogP contribution in [0.25, 0.3) is 0 Å². The summed E-state index contributed by atoms with van der Waals surface area (Å²) in [4.78, 5) is 30.4. The Morgan fingerprint density at radius 3 is 1.68 bits per heavy atom. The highest BCUT2D eigenvalue weighted by molar-refractivity contribution is 5.75. The van der Waals surface area contributed by atoms with Crippen LogP contribution in [0.2, 0.25) is 0 Å². The summed E-state index contributed by atoms with van der Waals surface area (Å²) in [7, 11) is 4.20. The topological polar surface area (TPSA) is 59.1 Å². The summed E-state index contributed by atoms with van der Waals surface area (Å²) in [6.07, 6.45) is 6.06. The van der Waals surface area contributed by atoms with Gasteiger partial charge in [0.15, 0.2) is 0 Å². The number of esters is 2. The van der Waals surface area contributed by atoms with Crippen molar-refractivity contribution in [2.24, 2.45) is 11.8 Å². The Labute approximate surface area is 209 Å². The molecule has 2 heterocycles. The summed E-state index contributed by atoms with van der Waals surface area (Å²) >= 11 is 0. The van der Waals surface area contributed by atoms with Crippen molar-refractivity contribution >= 4 is 11.9 Å². The van der Waals surface area contributed by atoms with E-state index in [1.807, 2.05) is 0 Å². The molecule has 0 spiro atoms. The van der Waals surface area contributed by atoms with E-state index in [0.717, 1.165) is 44.9 Å². The molecule has 0 saturated carbocycles. The lowest BCUT2D eigenvalue weighted by atomic mass is 9.87. The van der Waals surface area contributed by atoms with Crippen LogP contribution in [0.15, 0.2) is 0 Å². The summed E-state index contributed by atoms with van der Waals surface area (Å²) in [6.45, 7) is 19.8. The Morgan fingerprint density at radius 1 is 0.794 bits per heavy atom. The zero-order valence-corrected chi connectivity index (χ0v) is 23.9. The number of likely N-dealkylation sites (tertiary alicyclic amines) is 2. The van der Waals surface area contributed by atoms with Gasteiger partial charge in [0.2, 0.25) is 0 Å². The van der Waals surface area contributed by atoms with Gasteiger partial charge in [-0.2, -0.15) is 0 Å². The monoisotopic (exact) mass is 480 g/mol. The standard InChI is InChI=1S/C28H52N2O4/c1-12-20(34-24(32)22-19-26(4,5)30(11)28(22,8)9)16-14-13-15-17-33-23(31)21-18-25(2,3)29(10)27(21,6)7/h20-22H,12-19H2,1-11H3. The third-order valence-electron chi connectivity index (χ3n) is 9.38. The molecule has 34 heavy (non-hydrogen) atoms. The van der Waals surface area contributed by atoms with Crippen molar-refractivity contribution in [3.63, 3.8) is 0 Å². The lowest BCUT2D eigenvalue weighted by Crippen LogP contribution is -2.48. The highest BCUT2D eigenvalue weighted by Gasteiger charge is 2.54. The number of ether oxygens (including phenoxy) is 2. The molecule has 0 radical (unpaired) electrons. The maximum Gasteiger partial charge on any atom is 0.311 e. The van der Waals surface area contributed by atoms with Crippen LogP contribution in [0.1, 0.15) is 107 Å². The fraction of sp³-hybridized carbons (Fsp3) is 0.929. The predicted molar refractivity (Wildman–Crippen MR) is 138 cm³/mol. The first kappa shape index (κ1) is 29.1. The van der Waals surface area contributed by atoms with E-state index in [9.17, 15) is 9.59 Å². The van der Waals surface area contributed by atoms with Gasteiger partial charge in [-0.3, -0.25) is 19.4 Å². The van der Waals surface area contributed by atoms with Crippen LogP contribution in [0, 0.1) is 11.8 Å². The van der Waals surface area contributed by atoms with Gasteiger partial charge in [0.25, 0.3) is 0 Å². The van der Waals surface area contributed by atoms with Crippen molar-refractivity contribution in [2.75, 3.05) is 20.7 Å². The van der Waals surface area contributed by atoms with Crippen LogP contribution >= 0.6 is 0 Å². The smallest absolute Gasteiger partial charge is 0.311 e. The molecule has 198 valence electrons. The van der Waals surface area contributed by atoms with E-state index in [0.29, 0.717) is 6.61 Å². The number of carbonyl (C=O) groups excluding carboxylic acids is 2. The molecule has 2 rings (SSSR count). The Balaban J connectivity index is 1.72. The molecule has 2 saturated heterocycles. The van der Waals surface area contributed by atoms with Crippen molar-refractivity contribution < 1.29 is 19.1 Å². The molecule has 0 amide bonds. The van der Waals surface area contributed by atoms with Gasteiger partial charge in [0.05, 0.1) is 18.4 Å². The Morgan fingerprint density at radius 2 is 1.26 bits per heavy atom. The van der Waals surface area contributed by atoms with Gasteiger partial charge in [-0.05, 0) is 114 Å². The Hall–Kier alpha value is -1.14. The first-order valence-corrected chi connectivity index (χ1v) is 13.3. The van der Waals surface area contributed by atoms with Crippen LogP contribution in [0.5, 0.6) is 0 Å². The molecular formula is C28H52N2O4. The molecule has 2 aliphatic rings. The average molecular weight is 481 g/mol. The average Bonchev–Trinajstić information content (AvgIpc) is 3.02. The molecule has 0 bridgehead atoms. The Kier molecular flexibility index (Phi) is 8.95. The van der Waals surface area contributed by atoms with Crippen LogP contribution in [-0.2, 0) is 19.1 Å². The van der Waals surface area contributed by atoms with Gasteiger partial charge in [-0.25, -0.2) is 0 Å². The fourth-order valence-corrected chi connectivity index (χ4v) is 6.06. The first-order chi connectivity index (χ1) is 15.5. The van der Waals surface area contributed by atoms with Crippen molar-refractivity contribution in [2.45, 2.75) is 136 Å². The molecule has 3 atom stereocenters. The van der Waals surface area contributed by atoms with Gasteiger partial charge in [-0.15, -0.1) is 0 Å². The molecule has 0 aromatic rings. The number of hydrogen-bond acceptors (Lipinski definition) is 6. The summed E-state index contributed by atoms with van der Waals surface area (Å²) in [5.74, 6) is -0.338. The second kappa shape index (κ2) is 10.5. The maximum absolute atomic E-state index is 13.0. The molecule has 0 aliphatic carbocycles. The second-order valence-electron chi connectivity index (χ2n) is 13.0. The van der Waals surface area contributed by atoms with Crippen LogP contribution < -0.4 is 0 Å². The first-order valence-electron chi connectivity index (χ1n) is 13.3. The van der Waals surface area contributed by atoms with E-state index >= 15 is 0 Å². The summed E-state index contributed by atoms with van der Waals surface area (Å²) in [5.41, 5.74) is -0.415. The molecule has 2 aliphatic heterocycles. The van der Waals surface area contributed by atoms with Gasteiger partial charge in [0.1, 0.15) is 6.10 Å². The third kappa shape index (κ3) is 5.98. The molecule has 3 unspecified atom stereocenters. The molecule has 6 nitrogen and oxygen atoms in total. The zero-order valence-electron chi connectivity index (χ0n) is 23.9. The van der Waals surface area contributed by atoms with Crippen molar-refractivity contribution in [1.29, 1.82) is 0 Å². The van der Waals surface area contributed by atoms with E-state index in [2.05, 4.69) is 86.2 Å². The third-order valence-corrected chi connectivity index (χ3v) is 9.38. The number of nitrogens with zero attached hydrogens (tertiary/aromatic N) is 2. The van der Waals surface area contributed by atoms with Gasteiger partial charge >= 0.3 is 11.9 Å². The van der Waals surface area contributed by atoms with E-state index in [4.69, 9.17) is 9.47 Å². The number of carbonyl (C=O) groups is 2. The molecule has 0 aromatic heterocycles. The lowest BCUT2D eigenvalue weighted by Gasteiger charge is -2.38. The fourth-order valence-electron chi connectivity index (χ4n) is 6.06. The number of hydrogen-bond donors (Lipinski definition) is 0. The number of rotatable bonds is 10. The van der Waals surface area contributed by atoms with Crippen LogP contribution in [-0.4, -0.2) is 70.7 Å². The highest BCUT2D eigenvalue weighted by atomic mass is 16.5. The van der Waals surface area contributed by atoms with Crippen molar-refractivity contribution in [3.05, 3.63) is 0 Å². The van der Waals surface area contributed by atoms with E-state index in [1.54, 1.807) is 0 Å². The normalized spacial score (nSPS) is 28.6. The largest absolute Gasteiger partial charge is 0.465 e. The SMILES string of the molecule is CCC(CCCCCOC(=O)C1CC(C)(C)N(C)C1(C)C)OC(=O)C1CC(C)(C)N(C)C1(C)C. The lowest BCUT2D eigenvalue weighted by molar-refractivity contribution is -0.157. The predicted octanol–water partition coefficient (Wildman–Crippen LogP) is 5.43. The second-order valence-corrected chi connectivity index (χ2v) is 13.0. The molecular weight excluding hydrogens is 428 g/mol. The van der Waals surface area contributed by atoms with Gasteiger partial charge < -0.3 is 9.47 Å². The highest BCUT2D eigenvalue weighted by Crippen LogP contribution is 2.45. The van der Waals surface area contributed by atoms with E-state index in [1.165, 1.54) is 0 Å². The molecule has 2 fully saturated rings. The van der Waals surface area contributed by atoms with Gasteiger partial charge in [-0.1, -0.05) is 6.92 Å². The molecule has 6 heteroatoms. The molecule has 0 aromatic carbocycles. The van der Waals surface area contributed by atoms with Crippen LogP contribution in [0.3, 0.4) is 0 Å². The zero-order chi connectivity index (χ0) is 26.1. The van der Waals surface area contributed by atoms with E-state index in [-0.39, 0.29) is 52.0 Å². The minimum atomic E-state index is -0.208. The minimum Gasteiger partial charge on any atom is -0.465 e. The van der Waals surface area contributed by atoms with Crippen molar-refractivity contribution in [3.8, 4) is 0 Å². The summed E-state index contributed by atoms with van der Waals surface area (Å²) in [6, 6.07) is 0. The van der Waals surface area contributed by atoms with Crippen molar-refractivity contribution in [1.82, 2.24) is 9.80 Å². The quantitative estimate of drug-likeness (QED) is 0.307. The van der Waals surface area contributed by atoms with Crippen LogP contribution in [0.4, 0.5) is 0 Å². The van der Waals surface area contributed by atoms with Gasteiger partial charge in [0, 0.05) is 22.2 Å². The number of unbranched alkanes of at least 4 members (excludes halogenated alkanes) is 2. The maximum atomic E-state index is 13.0.